The van der Waals surface area contributed by atoms with E-state index in [-0.39, 0.29) is 53.1 Å². The van der Waals surface area contributed by atoms with Gasteiger partial charge < -0.3 is 67.5 Å². The number of carbonyl (C=O) groups excluding carboxylic acids is 8. The summed E-state index contributed by atoms with van der Waals surface area (Å²) in [7, 11) is 33.0. The van der Waals surface area contributed by atoms with Crippen LogP contribution < -0.4 is 28.4 Å². The summed E-state index contributed by atoms with van der Waals surface area (Å²) in [5.74, 6) is 3.44. The molecule has 0 N–H and O–H groups in total. The zero-order valence-electron chi connectivity index (χ0n) is 81.0. The Hall–Kier alpha value is -11.7. The van der Waals surface area contributed by atoms with E-state index in [4.69, 9.17) is 56.4 Å². The van der Waals surface area contributed by atoms with Gasteiger partial charge in [-0.15, -0.1) is 0 Å². The highest BCUT2D eigenvalue weighted by atomic mass is 35.5. The van der Waals surface area contributed by atoms with Crippen LogP contribution in [0.25, 0.3) is 0 Å². The lowest BCUT2D eigenvalue weighted by Gasteiger charge is -2.26. The number of likely N-dealkylation sites (N-methyl/N-ethyl adjacent to an activating group) is 6. The predicted molar refractivity (Wildman–Crippen MR) is 533 cm³/mol. The first-order chi connectivity index (χ1) is 61.8. The maximum Gasteiger partial charge on any atom is 0.231 e. The Morgan fingerprint density at radius 3 is 1.18 bits per heavy atom. The van der Waals surface area contributed by atoms with E-state index in [0.29, 0.717) is 163 Å². The highest BCUT2D eigenvalue weighted by Crippen LogP contribution is 2.37. The van der Waals surface area contributed by atoms with Crippen molar-refractivity contribution in [2.24, 2.45) is 0 Å². The third-order valence-electron chi connectivity index (χ3n) is 19.1. The Bertz CT molecular complexity index is 5210. The van der Waals surface area contributed by atoms with E-state index in [0.717, 1.165) is 66.4 Å². The van der Waals surface area contributed by atoms with Crippen molar-refractivity contribution >= 4 is 69.5 Å². The van der Waals surface area contributed by atoms with Crippen LogP contribution in [0.1, 0.15) is 112 Å². The van der Waals surface area contributed by atoms with Crippen molar-refractivity contribution in [1.82, 2.24) is 39.2 Å². The molecule has 2 aliphatic rings. The number of ether oxygens (including phenoxy) is 7. The number of hydrogen-bond acceptors (Lipinski definition) is 23. The van der Waals surface area contributed by atoms with Crippen molar-refractivity contribution in [3.8, 4) is 34.5 Å². The maximum absolute atomic E-state index is 12.4. The molecule has 131 heavy (non-hydrogen) atoms. The lowest BCUT2D eigenvalue weighted by atomic mass is 9.98. The van der Waals surface area contributed by atoms with Crippen molar-refractivity contribution in [1.29, 1.82) is 0 Å². The average molecular weight is 1830 g/mol. The maximum atomic E-state index is 12.4. The molecular formula is C106H136Cl2N8O15. The number of halogens is 2. The van der Waals surface area contributed by atoms with Crippen LogP contribution in [0.4, 0.5) is 0 Å². The van der Waals surface area contributed by atoms with Crippen LogP contribution in [-0.4, -0.2) is 298 Å². The third-order valence-corrected chi connectivity index (χ3v) is 19.6. The Morgan fingerprint density at radius 2 is 0.740 bits per heavy atom. The molecule has 25 heteroatoms. The SMILES string of the molecule is C=C(CN(C)C)C(=O)c1cc(C)ccc1C.C=C(CN(C)C)C(=O)c1cc(OC)c(OC)cc1OC.C=C(CN(C)C)C(=O)c1ccc(C)cc1C.C=C(CN(C)C)C(=O)c1ccc(OC)cc1.C=C(CN(C)C)C(=O)c1ccc2c(c1)OCO2.C=C(CN(C)C)C(=O)c1ccccc1.C=C(CN1CCOCC1)C(=O)c1ccccc1.CN(C)CCC(=O)c1ccc(Cl)cc1Cl. The van der Waals surface area contributed by atoms with Crippen molar-refractivity contribution in [3.63, 3.8) is 0 Å². The summed E-state index contributed by atoms with van der Waals surface area (Å²) < 4.78 is 36.4. The molecule has 704 valence electrons. The number of nitrogens with zero attached hydrogens (tertiary/aromatic N) is 8. The van der Waals surface area contributed by atoms with Gasteiger partial charge in [0.15, 0.2) is 69.3 Å². The lowest BCUT2D eigenvalue weighted by Crippen LogP contribution is -2.38. The molecule has 0 atom stereocenters. The number of fused-ring (bicyclic) bond motifs is 1. The highest BCUT2D eigenvalue weighted by Gasteiger charge is 2.24. The van der Waals surface area contributed by atoms with E-state index < -0.39 is 0 Å². The molecule has 2 heterocycles. The second kappa shape index (κ2) is 58.9. The first kappa shape index (κ1) is 113. The quantitative estimate of drug-likeness (QED) is 0.0263. The van der Waals surface area contributed by atoms with Gasteiger partial charge >= 0.3 is 0 Å². The van der Waals surface area contributed by atoms with E-state index >= 15 is 0 Å². The fraction of sp³-hybridized carbons (Fsp3) is 0.340. The number of benzene rings is 8. The van der Waals surface area contributed by atoms with Gasteiger partial charge in [0, 0.05) is 161 Å². The molecule has 1 saturated heterocycles. The summed E-state index contributed by atoms with van der Waals surface area (Å²) in [5.41, 5.74) is 13.6. The Morgan fingerprint density at radius 1 is 0.351 bits per heavy atom. The van der Waals surface area contributed by atoms with Gasteiger partial charge in [-0.25, -0.2) is 0 Å². The standard InChI is InChI=1S/C15H21NO4.C14H17NO2.2C14H19NO.C13H15NO3.C13H17NO2.C12H15NO.C11H13Cl2NO/c1-10(9-16(2)3)15(17)11-7-13(19-5)14(20-6)8-12(11)18-4;1-12(11-15-7-9-17-10-8-15)14(16)13-5-3-2-4-6-13;1-10-6-7-13(11(2)8-10)14(16)12(3)9-15(4)5;1-10-6-7-11(2)13(8-10)14(16)12(3)9-15(4)5;1-9(7-14(2)3)13(15)10-4-5-11-12(6-10)17-8-16-11;1-10(9-14(2)3)13(15)11-5-7-12(16-4)8-6-11;1-10(9-13(2)3)12(14)11-7-5-4-6-8-11;1-14(2)6-5-11(15)9-4-3-8(12)7-10(9)13/h7-8H,1,9H2,2-6H3;2-6H,1,7-11H2;2*6-8H,3,9H2,1-2,4-5H3;4-6H,1,7-8H2,2-3H3;5-8H,1,9H2,2-4H3;4-8H,1,9H2,2-3H3;3-4,7H,5-6H2,1-2H3. The minimum atomic E-state index is -0.170. The van der Waals surface area contributed by atoms with Crippen molar-refractivity contribution in [2.45, 2.75) is 34.1 Å². The topological polar surface area (TPSA) is 227 Å². The summed E-state index contributed by atoms with van der Waals surface area (Å²) in [5, 5.41) is 0.968. The molecule has 0 bridgehead atoms. The molecule has 0 spiro atoms. The highest BCUT2D eigenvalue weighted by molar-refractivity contribution is 6.37. The molecule has 0 unspecified atom stereocenters. The van der Waals surface area contributed by atoms with Crippen LogP contribution in [-0.2, 0) is 4.74 Å². The summed E-state index contributed by atoms with van der Waals surface area (Å²) in [6, 6.07) is 50.7. The summed E-state index contributed by atoms with van der Waals surface area (Å²) in [6.07, 6.45) is 0.467. The van der Waals surface area contributed by atoms with Gasteiger partial charge in [-0.2, -0.15) is 0 Å². The molecule has 0 radical (unpaired) electrons. The normalized spacial score (nSPS) is 11.6. The van der Waals surface area contributed by atoms with Crippen LogP contribution in [0.2, 0.25) is 10.0 Å². The molecule has 8 aromatic carbocycles. The number of methoxy groups -OCH3 is 4. The lowest BCUT2D eigenvalue weighted by molar-refractivity contribution is 0.0418. The minimum absolute atomic E-state index is 0.0173. The van der Waals surface area contributed by atoms with E-state index in [2.05, 4.69) is 51.0 Å². The summed E-state index contributed by atoms with van der Waals surface area (Å²) >= 11 is 11.7. The smallest absolute Gasteiger partial charge is 0.231 e. The Kier molecular flexibility index (Phi) is 51.0. The number of aryl methyl sites for hydroxylation is 4. The van der Waals surface area contributed by atoms with Crippen LogP contribution in [0.5, 0.6) is 34.5 Å². The summed E-state index contributed by atoms with van der Waals surface area (Å²) in [6.45, 7) is 42.9. The zero-order valence-corrected chi connectivity index (χ0v) is 82.5. The van der Waals surface area contributed by atoms with Crippen molar-refractivity contribution in [2.75, 3.05) is 213 Å². The predicted octanol–water partition coefficient (Wildman–Crippen LogP) is 17.8. The van der Waals surface area contributed by atoms with Gasteiger partial charge in [0.1, 0.15) is 11.5 Å². The zero-order chi connectivity index (χ0) is 98.5. The van der Waals surface area contributed by atoms with E-state index in [1.807, 2.05) is 258 Å². The molecule has 0 aliphatic carbocycles. The van der Waals surface area contributed by atoms with E-state index in [9.17, 15) is 38.4 Å². The van der Waals surface area contributed by atoms with Gasteiger partial charge in [-0.3, -0.25) is 43.3 Å². The largest absolute Gasteiger partial charge is 0.497 e. The molecule has 0 amide bonds. The number of Topliss-reactive ketones (excluding diaryl/α,β-unsaturated/α-hetero) is 8. The van der Waals surface area contributed by atoms with Gasteiger partial charge in [0.05, 0.1) is 52.2 Å². The second-order valence-corrected chi connectivity index (χ2v) is 33.9. The molecule has 0 saturated carbocycles. The number of rotatable bonds is 36. The number of carbonyl (C=O) groups is 8. The second-order valence-electron chi connectivity index (χ2n) is 33.0. The monoisotopic (exact) mass is 1830 g/mol. The number of morpholine rings is 1. The van der Waals surface area contributed by atoms with E-state index in [1.54, 1.807) is 79.9 Å². The van der Waals surface area contributed by atoms with Gasteiger partial charge in [0.25, 0.3) is 0 Å². The molecule has 8 aromatic rings. The average Bonchev–Trinajstić information content (AvgIpc) is 1.63. The van der Waals surface area contributed by atoms with Crippen LogP contribution in [0, 0.1) is 27.7 Å². The van der Waals surface area contributed by atoms with E-state index in [1.165, 1.54) is 26.9 Å². The molecule has 2 aliphatic heterocycles. The van der Waals surface area contributed by atoms with Gasteiger partial charge in [-0.05, 0) is 210 Å². The fourth-order valence-electron chi connectivity index (χ4n) is 12.6. The van der Waals surface area contributed by atoms with Crippen LogP contribution in [0.3, 0.4) is 0 Å². The van der Waals surface area contributed by atoms with Crippen molar-refractivity contribution < 1.29 is 71.5 Å². The van der Waals surface area contributed by atoms with Crippen LogP contribution in [0.15, 0.2) is 255 Å². The first-order valence-electron chi connectivity index (χ1n) is 42.2. The van der Waals surface area contributed by atoms with Crippen molar-refractivity contribution in [3.05, 3.63) is 332 Å². The van der Waals surface area contributed by atoms with Gasteiger partial charge in [0.2, 0.25) is 6.79 Å². The number of hydrogen-bond donors (Lipinski definition) is 0. The molecule has 23 nitrogen and oxygen atoms in total. The Balaban J connectivity index is 0.000000386. The minimum Gasteiger partial charge on any atom is -0.497 e. The summed E-state index contributed by atoms with van der Waals surface area (Å²) in [4.78, 5) is 112. The fourth-order valence-corrected chi connectivity index (χ4v) is 13.1. The molecular weight excluding hydrogens is 1700 g/mol. The first-order valence-corrected chi connectivity index (χ1v) is 43.0. The van der Waals surface area contributed by atoms with Crippen LogP contribution >= 0.6 is 23.2 Å². The number of ketones is 8. The molecule has 0 aromatic heterocycles. The molecule has 10 rings (SSSR count). The Labute approximate surface area is 788 Å². The molecule has 1 fully saturated rings. The van der Waals surface area contributed by atoms with Gasteiger partial charge in [-0.1, -0.05) is 171 Å². The third kappa shape index (κ3) is 41.1.